The molecule has 0 aromatic heterocycles. The molecule has 3 amide bonds. The van der Waals surface area contributed by atoms with E-state index in [0.717, 1.165) is 4.90 Å². The number of nitro benzene ring substituents is 1. The number of anilines is 1. The summed E-state index contributed by atoms with van der Waals surface area (Å²) in [5.41, 5.74) is -0.378. The van der Waals surface area contributed by atoms with E-state index in [-0.39, 0.29) is 5.69 Å². The van der Waals surface area contributed by atoms with E-state index in [4.69, 9.17) is 0 Å². The molecule has 1 saturated heterocycles. The number of carbonyl (C=O) groups is 2. The number of benzene rings is 2. The highest BCUT2D eigenvalue weighted by Crippen LogP contribution is 2.32. The van der Waals surface area contributed by atoms with Crippen molar-refractivity contribution in [3.63, 3.8) is 0 Å². The average molecular weight is 311 g/mol. The van der Waals surface area contributed by atoms with E-state index in [9.17, 15) is 19.7 Å². The van der Waals surface area contributed by atoms with Crippen molar-refractivity contribution < 1.29 is 14.5 Å². The molecule has 0 radical (unpaired) electrons. The van der Waals surface area contributed by atoms with Crippen molar-refractivity contribution in [3.05, 3.63) is 70.3 Å². The third-order valence-corrected chi connectivity index (χ3v) is 3.86. The molecule has 0 saturated carbocycles. The normalized spacial score (nSPS) is 20.5. The van der Waals surface area contributed by atoms with Gasteiger partial charge >= 0.3 is 6.03 Å². The van der Waals surface area contributed by atoms with E-state index in [2.05, 4.69) is 5.32 Å². The van der Waals surface area contributed by atoms with Gasteiger partial charge in [0.05, 0.1) is 10.6 Å². The summed E-state index contributed by atoms with van der Waals surface area (Å²) in [6.45, 7) is 1.58. The molecule has 1 aliphatic heterocycles. The molecule has 2 aromatic rings. The lowest BCUT2D eigenvalue weighted by molar-refractivity contribution is -0.384. The summed E-state index contributed by atoms with van der Waals surface area (Å²) in [5.74, 6) is -0.428. The predicted molar refractivity (Wildman–Crippen MR) is 82.9 cm³/mol. The van der Waals surface area contributed by atoms with Gasteiger partial charge in [0, 0.05) is 12.1 Å². The van der Waals surface area contributed by atoms with Crippen LogP contribution >= 0.6 is 0 Å². The number of rotatable bonds is 3. The summed E-state index contributed by atoms with van der Waals surface area (Å²) < 4.78 is 0. The molecule has 1 heterocycles. The van der Waals surface area contributed by atoms with E-state index >= 15 is 0 Å². The Hall–Kier alpha value is -3.22. The average Bonchev–Trinajstić information content (AvgIpc) is 2.78. The smallest absolute Gasteiger partial charge is 0.319 e. The van der Waals surface area contributed by atoms with E-state index in [1.54, 1.807) is 37.3 Å². The maximum Gasteiger partial charge on any atom is 0.329 e. The number of para-hydroxylation sites is 1. The Morgan fingerprint density at radius 2 is 1.65 bits per heavy atom. The van der Waals surface area contributed by atoms with Gasteiger partial charge in [0.25, 0.3) is 11.6 Å². The van der Waals surface area contributed by atoms with E-state index < -0.39 is 22.4 Å². The number of nitrogens with one attached hydrogen (secondary N) is 1. The third-order valence-electron chi connectivity index (χ3n) is 3.86. The number of non-ortho nitro benzene ring substituents is 1. The molecule has 0 aliphatic carbocycles. The van der Waals surface area contributed by atoms with Gasteiger partial charge in [-0.25, -0.2) is 9.69 Å². The molecule has 0 spiro atoms. The maximum absolute atomic E-state index is 12.8. The van der Waals surface area contributed by atoms with Crippen molar-refractivity contribution in [3.8, 4) is 0 Å². The minimum absolute atomic E-state index is 0.0750. The number of urea groups is 1. The van der Waals surface area contributed by atoms with Gasteiger partial charge in [-0.3, -0.25) is 14.9 Å². The molecule has 7 nitrogen and oxygen atoms in total. The zero-order chi connectivity index (χ0) is 16.6. The molecule has 1 unspecified atom stereocenters. The Morgan fingerprint density at radius 1 is 1.04 bits per heavy atom. The first kappa shape index (κ1) is 14.7. The van der Waals surface area contributed by atoms with E-state index in [0.29, 0.717) is 11.3 Å². The minimum atomic E-state index is -1.26. The molecule has 1 aliphatic rings. The van der Waals surface area contributed by atoms with Gasteiger partial charge in [-0.15, -0.1) is 0 Å². The van der Waals surface area contributed by atoms with Crippen LogP contribution in [0.15, 0.2) is 54.6 Å². The van der Waals surface area contributed by atoms with Crippen LogP contribution in [-0.4, -0.2) is 16.9 Å². The Labute approximate surface area is 131 Å². The van der Waals surface area contributed by atoms with Gasteiger partial charge in [0.1, 0.15) is 5.54 Å². The van der Waals surface area contributed by atoms with Crippen molar-refractivity contribution in [2.75, 3.05) is 4.90 Å². The first-order valence-electron chi connectivity index (χ1n) is 6.90. The monoisotopic (exact) mass is 311 g/mol. The molecule has 1 N–H and O–H groups in total. The van der Waals surface area contributed by atoms with Crippen molar-refractivity contribution in [2.24, 2.45) is 0 Å². The topological polar surface area (TPSA) is 92.6 Å². The van der Waals surface area contributed by atoms with E-state index in [1.165, 1.54) is 24.3 Å². The Balaban J connectivity index is 1.98. The van der Waals surface area contributed by atoms with Crippen LogP contribution in [0, 0.1) is 10.1 Å². The third kappa shape index (κ3) is 2.32. The zero-order valence-corrected chi connectivity index (χ0v) is 12.2. The first-order valence-corrected chi connectivity index (χ1v) is 6.90. The van der Waals surface area contributed by atoms with Crippen molar-refractivity contribution >= 4 is 23.3 Å². The number of imide groups is 1. The van der Waals surface area contributed by atoms with Gasteiger partial charge in [0.2, 0.25) is 0 Å². The standard InChI is InChI=1S/C16H13N3O4/c1-16(11-7-9-13(10-8-11)19(22)23)14(20)18(15(21)17-16)12-5-3-2-4-6-12/h2-10H,1H3,(H,17,21). The lowest BCUT2D eigenvalue weighted by Gasteiger charge is -2.22. The van der Waals surface area contributed by atoms with Gasteiger partial charge in [-0.2, -0.15) is 0 Å². The molecule has 1 fully saturated rings. The van der Waals surface area contributed by atoms with Crippen LogP contribution in [0.3, 0.4) is 0 Å². The second-order valence-electron chi connectivity index (χ2n) is 5.34. The summed E-state index contributed by atoms with van der Waals surface area (Å²) in [4.78, 5) is 36.3. The zero-order valence-electron chi connectivity index (χ0n) is 12.2. The van der Waals surface area contributed by atoms with Crippen molar-refractivity contribution in [1.29, 1.82) is 0 Å². The number of carbonyl (C=O) groups excluding carboxylic acids is 2. The molecule has 7 heteroatoms. The summed E-state index contributed by atoms with van der Waals surface area (Å²) in [6, 6.07) is 13.6. The van der Waals surface area contributed by atoms with Crippen LogP contribution in [-0.2, 0) is 10.3 Å². The number of hydrogen-bond acceptors (Lipinski definition) is 4. The highest BCUT2D eigenvalue weighted by atomic mass is 16.6. The predicted octanol–water partition coefficient (Wildman–Crippen LogP) is 2.57. The fraction of sp³-hybridized carbons (Fsp3) is 0.125. The highest BCUT2D eigenvalue weighted by Gasteiger charge is 2.49. The highest BCUT2D eigenvalue weighted by molar-refractivity contribution is 6.23. The lowest BCUT2D eigenvalue weighted by atomic mass is 9.92. The Morgan fingerprint density at radius 3 is 2.22 bits per heavy atom. The largest absolute Gasteiger partial charge is 0.329 e. The fourth-order valence-corrected chi connectivity index (χ4v) is 2.56. The molecular formula is C16H13N3O4. The molecule has 1 atom stereocenters. The van der Waals surface area contributed by atoms with Crippen LogP contribution in [0.4, 0.5) is 16.2 Å². The van der Waals surface area contributed by atoms with Crippen LogP contribution in [0.5, 0.6) is 0 Å². The number of amides is 3. The maximum atomic E-state index is 12.8. The molecular weight excluding hydrogens is 298 g/mol. The number of nitro groups is 1. The molecule has 3 rings (SSSR count). The SMILES string of the molecule is CC1(c2ccc([N+](=O)[O-])cc2)NC(=O)N(c2ccccc2)C1=O. The Bertz CT molecular complexity index is 789. The van der Waals surface area contributed by atoms with Gasteiger partial charge in [-0.05, 0) is 36.8 Å². The summed E-state index contributed by atoms with van der Waals surface area (Å²) in [5, 5.41) is 13.4. The number of hydrogen-bond donors (Lipinski definition) is 1. The minimum Gasteiger partial charge on any atom is -0.319 e. The van der Waals surface area contributed by atoms with Crippen LogP contribution in [0.2, 0.25) is 0 Å². The van der Waals surface area contributed by atoms with Crippen LogP contribution in [0.1, 0.15) is 12.5 Å². The number of nitrogens with zero attached hydrogens (tertiary/aromatic N) is 2. The first-order chi connectivity index (χ1) is 10.9. The second-order valence-corrected chi connectivity index (χ2v) is 5.34. The molecule has 116 valence electrons. The van der Waals surface area contributed by atoms with Crippen LogP contribution < -0.4 is 10.2 Å². The van der Waals surface area contributed by atoms with E-state index in [1.807, 2.05) is 0 Å². The van der Waals surface area contributed by atoms with Crippen LogP contribution in [0.25, 0.3) is 0 Å². The van der Waals surface area contributed by atoms with Crippen molar-refractivity contribution in [1.82, 2.24) is 5.32 Å². The quantitative estimate of drug-likeness (QED) is 0.535. The fourth-order valence-electron chi connectivity index (χ4n) is 2.56. The molecule has 0 bridgehead atoms. The van der Waals surface area contributed by atoms with Gasteiger partial charge in [-0.1, -0.05) is 18.2 Å². The van der Waals surface area contributed by atoms with Gasteiger partial charge < -0.3 is 5.32 Å². The summed E-state index contributed by atoms with van der Waals surface area (Å²) in [7, 11) is 0. The molecule has 23 heavy (non-hydrogen) atoms. The Kier molecular flexibility index (Phi) is 3.33. The second kappa shape index (κ2) is 5.20. The summed E-state index contributed by atoms with van der Waals surface area (Å²) >= 11 is 0. The molecule has 2 aromatic carbocycles. The van der Waals surface area contributed by atoms with Gasteiger partial charge in [0.15, 0.2) is 0 Å². The van der Waals surface area contributed by atoms with Crippen molar-refractivity contribution in [2.45, 2.75) is 12.5 Å². The lowest BCUT2D eigenvalue weighted by Crippen LogP contribution is -2.40. The summed E-state index contributed by atoms with van der Waals surface area (Å²) in [6.07, 6.45) is 0.